The molecule has 5 heteroatoms. The number of nitrogens with two attached hydrogens (primary N) is 1. The van der Waals surface area contributed by atoms with Gasteiger partial charge in [0.15, 0.2) is 0 Å². The van der Waals surface area contributed by atoms with E-state index >= 15 is 0 Å². The second-order valence-corrected chi connectivity index (χ2v) is 4.88. The highest BCUT2D eigenvalue weighted by molar-refractivity contribution is 5.90. The van der Waals surface area contributed by atoms with Gasteiger partial charge in [-0.2, -0.15) is 0 Å². The van der Waals surface area contributed by atoms with Gasteiger partial charge >= 0.3 is 0 Å². The molecule has 0 saturated carbocycles. The quantitative estimate of drug-likeness (QED) is 0.816. The molecular weight excluding hydrogens is 242 g/mol. The summed E-state index contributed by atoms with van der Waals surface area (Å²) < 4.78 is 0. The van der Waals surface area contributed by atoms with E-state index < -0.39 is 12.1 Å². The van der Waals surface area contributed by atoms with E-state index in [2.05, 4.69) is 5.32 Å². The van der Waals surface area contributed by atoms with Crippen LogP contribution in [0.1, 0.15) is 18.9 Å². The molecule has 0 aliphatic carbocycles. The first-order valence-corrected chi connectivity index (χ1v) is 6.46. The van der Waals surface area contributed by atoms with E-state index in [0.717, 1.165) is 5.56 Å². The Morgan fingerprint density at radius 3 is 2.79 bits per heavy atom. The summed E-state index contributed by atoms with van der Waals surface area (Å²) in [4.78, 5) is 25.4. The van der Waals surface area contributed by atoms with Gasteiger partial charge in [-0.05, 0) is 18.9 Å². The Morgan fingerprint density at radius 1 is 1.47 bits per heavy atom. The van der Waals surface area contributed by atoms with Crippen molar-refractivity contribution in [3.63, 3.8) is 0 Å². The van der Waals surface area contributed by atoms with Gasteiger partial charge in [0, 0.05) is 13.1 Å². The Bertz CT molecular complexity index is 459. The van der Waals surface area contributed by atoms with Crippen molar-refractivity contribution in [1.82, 2.24) is 10.2 Å². The van der Waals surface area contributed by atoms with Crippen molar-refractivity contribution in [2.45, 2.75) is 32.0 Å². The maximum absolute atomic E-state index is 12.1. The van der Waals surface area contributed by atoms with Crippen molar-refractivity contribution in [3.05, 3.63) is 35.9 Å². The summed E-state index contributed by atoms with van der Waals surface area (Å²) in [5, 5.41) is 2.69. The molecule has 0 bridgehead atoms. The average molecular weight is 261 g/mol. The van der Waals surface area contributed by atoms with Crippen molar-refractivity contribution in [2.24, 2.45) is 5.73 Å². The van der Waals surface area contributed by atoms with Crippen LogP contribution in [0.3, 0.4) is 0 Å². The standard InChI is InChI=1S/C14H19N3O2/c1-10(15)13(18)16-12-7-8-17(14(12)19)9-11-5-3-2-4-6-11/h2-6,10,12H,7-9,15H2,1H3,(H,16,18)/t10-,12?/m0/s1. The summed E-state index contributed by atoms with van der Waals surface area (Å²) >= 11 is 0. The summed E-state index contributed by atoms with van der Waals surface area (Å²) in [5.41, 5.74) is 6.57. The Kier molecular flexibility index (Phi) is 4.16. The molecule has 2 amide bonds. The lowest BCUT2D eigenvalue weighted by Gasteiger charge is -2.17. The highest BCUT2D eigenvalue weighted by Gasteiger charge is 2.32. The third-order valence-corrected chi connectivity index (χ3v) is 3.24. The highest BCUT2D eigenvalue weighted by atomic mass is 16.2. The molecule has 1 saturated heterocycles. The highest BCUT2D eigenvalue weighted by Crippen LogP contribution is 2.15. The fourth-order valence-electron chi connectivity index (χ4n) is 2.14. The molecule has 1 aliphatic rings. The predicted molar refractivity (Wildman–Crippen MR) is 72.1 cm³/mol. The van der Waals surface area contributed by atoms with Crippen molar-refractivity contribution in [1.29, 1.82) is 0 Å². The molecule has 1 fully saturated rings. The first-order chi connectivity index (χ1) is 9.08. The van der Waals surface area contributed by atoms with Crippen molar-refractivity contribution in [2.75, 3.05) is 6.54 Å². The summed E-state index contributed by atoms with van der Waals surface area (Å²) in [7, 11) is 0. The van der Waals surface area contributed by atoms with Gasteiger partial charge in [0.2, 0.25) is 11.8 Å². The molecule has 0 radical (unpaired) electrons. The number of benzene rings is 1. The SMILES string of the molecule is C[C@H](N)C(=O)NC1CCN(Cc2ccccc2)C1=O. The molecule has 0 spiro atoms. The van der Waals surface area contributed by atoms with E-state index in [1.165, 1.54) is 0 Å². The number of hydrogen-bond donors (Lipinski definition) is 2. The summed E-state index contributed by atoms with van der Waals surface area (Å²) in [6.07, 6.45) is 0.643. The van der Waals surface area contributed by atoms with Crippen LogP contribution in [0, 0.1) is 0 Å². The zero-order valence-corrected chi connectivity index (χ0v) is 11.0. The molecular formula is C14H19N3O2. The molecule has 3 N–H and O–H groups in total. The zero-order chi connectivity index (χ0) is 13.8. The maximum Gasteiger partial charge on any atom is 0.245 e. The minimum atomic E-state index is -0.587. The summed E-state index contributed by atoms with van der Waals surface area (Å²) in [5.74, 6) is -0.308. The van der Waals surface area contributed by atoms with Crippen LogP contribution in [0.2, 0.25) is 0 Å². The number of hydrogen-bond acceptors (Lipinski definition) is 3. The van der Waals surface area contributed by atoms with Crippen LogP contribution in [0.25, 0.3) is 0 Å². The lowest BCUT2D eigenvalue weighted by atomic mass is 10.2. The predicted octanol–water partition coefficient (Wildman–Crippen LogP) is 0.251. The van der Waals surface area contributed by atoms with E-state index in [-0.39, 0.29) is 11.8 Å². The third kappa shape index (κ3) is 3.32. The van der Waals surface area contributed by atoms with E-state index in [9.17, 15) is 9.59 Å². The van der Waals surface area contributed by atoms with Crippen LogP contribution >= 0.6 is 0 Å². The van der Waals surface area contributed by atoms with Gasteiger partial charge in [0.1, 0.15) is 6.04 Å². The van der Waals surface area contributed by atoms with Crippen molar-refractivity contribution >= 4 is 11.8 Å². The number of carbonyl (C=O) groups is 2. The van der Waals surface area contributed by atoms with Crippen molar-refractivity contribution < 1.29 is 9.59 Å². The van der Waals surface area contributed by atoms with E-state index in [1.807, 2.05) is 30.3 Å². The number of nitrogens with zero attached hydrogens (tertiary/aromatic N) is 1. The molecule has 5 nitrogen and oxygen atoms in total. The fourth-order valence-corrected chi connectivity index (χ4v) is 2.14. The van der Waals surface area contributed by atoms with Crippen LogP contribution in [0.15, 0.2) is 30.3 Å². The summed E-state index contributed by atoms with van der Waals surface area (Å²) in [6.45, 7) is 2.86. The van der Waals surface area contributed by atoms with Gasteiger partial charge in [0.05, 0.1) is 6.04 Å². The molecule has 1 heterocycles. The normalized spacial score (nSPS) is 20.4. The minimum Gasteiger partial charge on any atom is -0.343 e. The molecule has 0 aromatic heterocycles. The number of likely N-dealkylation sites (tertiary alicyclic amines) is 1. The summed E-state index contributed by atoms with van der Waals surface area (Å²) in [6, 6.07) is 8.80. The molecule has 102 valence electrons. The van der Waals surface area contributed by atoms with Crippen LogP contribution in [-0.4, -0.2) is 35.3 Å². The van der Waals surface area contributed by atoms with E-state index in [1.54, 1.807) is 11.8 Å². The largest absolute Gasteiger partial charge is 0.343 e. The Hall–Kier alpha value is -1.88. The second kappa shape index (κ2) is 5.84. The van der Waals surface area contributed by atoms with Gasteiger partial charge in [-0.25, -0.2) is 0 Å². The second-order valence-electron chi connectivity index (χ2n) is 4.88. The topological polar surface area (TPSA) is 75.4 Å². The Balaban J connectivity index is 1.93. The van der Waals surface area contributed by atoms with E-state index in [0.29, 0.717) is 19.5 Å². The molecule has 19 heavy (non-hydrogen) atoms. The van der Waals surface area contributed by atoms with Crippen LogP contribution < -0.4 is 11.1 Å². The average Bonchev–Trinajstić information content (AvgIpc) is 2.73. The molecule has 2 atom stereocenters. The van der Waals surface area contributed by atoms with Gasteiger partial charge < -0.3 is 16.0 Å². The molecule has 2 rings (SSSR count). The fraction of sp³-hybridized carbons (Fsp3) is 0.429. The Morgan fingerprint density at radius 2 is 2.16 bits per heavy atom. The number of carbonyl (C=O) groups excluding carboxylic acids is 2. The monoisotopic (exact) mass is 261 g/mol. The van der Waals surface area contributed by atoms with Crippen LogP contribution in [0.5, 0.6) is 0 Å². The minimum absolute atomic E-state index is 0.0298. The van der Waals surface area contributed by atoms with Gasteiger partial charge in [-0.15, -0.1) is 0 Å². The smallest absolute Gasteiger partial charge is 0.245 e. The number of amides is 2. The zero-order valence-electron chi connectivity index (χ0n) is 11.0. The molecule has 1 aromatic rings. The van der Waals surface area contributed by atoms with Gasteiger partial charge in [-0.3, -0.25) is 9.59 Å². The first-order valence-electron chi connectivity index (χ1n) is 6.46. The van der Waals surface area contributed by atoms with E-state index in [4.69, 9.17) is 5.73 Å². The first kappa shape index (κ1) is 13.5. The van der Waals surface area contributed by atoms with Gasteiger partial charge in [0.25, 0.3) is 0 Å². The van der Waals surface area contributed by atoms with Crippen LogP contribution in [0.4, 0.5) is 0 Å². The van der Waals surface area contributed by atoms with Crippen molar-refractivity contribution in [3.8, 4) is 0 Å². The maximum atomic E-state index is 12.1. The molecule has 1 aromatic carbocycles. The van der Waals surface area contributed by atoms with Crippen LogP contribution in [-0.2, 0) is 16.1 Å². The lowest BCUT2D eigenvalue weighted by Crippen LogP contribution is -2.47. The molecule has 1 unspecified atom stereocenters. The molecule has 1 aliphatic heterocycles. The number of rotatable bonds is 4. The Labute approximate surface area is 112 Å². The third-order valence-electron chi connectivity index (χ3n) is 3.24. The van der Waals surface area contributed by atoms with Gasteiger partial charge in [-0.1, -0.05) is 30.3 Å². The lowest BCUT2D eigenvalue weighted by molar-refractivity contribution is -0.133. The number of nitrogens with one attached hydrogen (secondary N) is 1.